The van der Waals surface area contributed by atoms with Gasteiger partial charge in [0.25, 0.3) is 0 Å². The van der Waals surface area contributed by atoms with Crippen LogP contribution in [0.1, 0.15) is 63.5 Å². The molecule has 9 nitrogen and oxygen atoms in total. The molecule has 1 N–H and O–H groups in total. The van der Waals surface area contributed by atoms with Crippen LogP contribution in [0.3, 0.4) is 0 Å². The molecule has 3 heterocycles. The standard InChI is InChI=1S/C31H42N4O5S/c1-18-23-15-24(28(18)33-41(2,38)39)27-26(23)30(36)35(31(27)37)17-21-8-4-3-7-20(21)16-34-13-11-19(12-14-34)29-22-9-5-6-10-25(22)40-32-29/h5-6,9-10,18-21,23-24,26-28,33H,3-4,7-8,11-17H2,1-2H3/t18?,20-,21-,23?,24?,26?,27?,28?/m1/s1. The molecule has 6 unspecified atom stereocenters. The van der Waals surface area contributed by atoms with Crippen LogP contribution in [0.4, 0.5) is 0 Å². The Morgan fingerprint density at radius 3 is 2.32 bits per heavy atom. The van der Waals surface area contributed by atoms with E-state index in [1.807, 2.05) is 25.1 Å². The summed E-state index contributed by atoms with van der Waals surface area (Å²) in [6.45, 7) is 5.63. The Bertz CT molecular complexity index is 1430. The van der Waals surface area contributed by atoms with E-state index in [1.54, 1.807) is 4.90 Å². The summed E-state index contributed by atoms with van der Waals surface area (Å²) in [6, 6.07) is 7.84. The topological polar surface area (TPSA) is 113 Å². The van der Waals surface area contributed by atoms with Gasteiger partial charge in [0.15, 0.2) is 5.58 Å². The van der Waals surface area contributed by atoms with Crippen molar-refractivity contribution in [3.63, 3.8) is 0 Å². The molecule has 2 saturated heterocycles. The van der Waals surface area contributed by atoms with Crippen LogP contribution in [0.2, 0.25) is 0 Å². The third kappa shape index (κ3) is 4.83. The number of fused-ring (bicyclic) bond motifs is 6. The van der Waals surface area contributed by atoms with E-state index in [4.69, 9.17) is 4.52 Å². The van der Waals surface area contributed by atoms with Crippen LogP contribution >= 0.6 is 0 Å². The molecule has 7 rings (SSSR count). The monoisotopic (exact) mass is 582 g/mol. The summed E-state index contributed by atoms with van der Waals surface area (Å²) in [7, 11) is -3.38. The van der Waals surface area contributed by atoms with Crippen molar-refractivity contribution in [2.24, 2.45) is 41.4 Å². The van der Waals surface area contributed by atoms with E-state index < -0.39 is 10.0 Å². The van der Waals surface area contributed by atoms with Gasteiger partial charge >= 0.3 is 0 Å². The van der Waals surface area contributed by atoms with E-state index in [-0.39, 0.29) is 47.4 Å². The number of carbonyl (C=O) groups excluding carboxylic acids is 2. The second kappa shape index (κ2) is 10.5. The van der Waals surface area contributed by atoms with Crippen molar-refractivity contribution < 1.29 is 22.5 Å². The lowest BCUT2D eigenvalue weighted by molar-refractivity contribution is -0.142. The molecule has 3 saturated carbocycles. The molecule has 5 fully saturated rings. The molecule has 2 bridgehead atoms. The van der Waals surface area contributed by atoms with Gasteiger partial charge in [-0.05, 0) is 86.9 Å². The lowest BCUT2D eigenvalue weighted by atomic mass is 9.73. The van der Waals surface area contributed by atoms with Gasteiger partial charge < -0.3 is 9.42 Å². The second-order valence-corrected chi connectivity index (χ2v) is 15.4. The van der Waals surface area contributed by atoms with E-state index >= 15 is 0 Å². The minimum absolute atomic E-state index is 0.00197. The molecule has 5 aliphatic rings. The predicted molar refractivity (Wildman–Crippen MR) is 154 cm³/mol. The quantitative estimate of drug-likeness (QED) is 0.496. The van der Waals surface area contributed by atoms with Gasteiger partial charge in [-0.3, -0.25) is 14.5 Å². The molecular formula is C31H42N4O5S. The number of hydrogen-bond acceptors (Lipinski definition) is 7. The molecular weight excluding hydrogens is 540 g/mol. The minimum Gasteiger partial charge on any atom is -0.356 e. The maximum atomic E-state index is 13.7. The number of likely N-dealkylation sites (tertiary alicyclic amines) is 2. The molecule has 1 aromatic carbocycles. The fourth-order valence-corrected chi connectivity index (χ4v) is 10.3. The third-order valence-electron chi connectivity index (χ3n) is 11.4. The first-order valence-electron chi connectivity index (χ1n) is 15.6. The van der Waals surface area contributed by atoms with E-state index in [0.29, 0.717) is 24.3 Å². The van der Waals surface area contributed by atoms with Gasteiger partial charge in [-0.25, -0.2) is 13.1 Å². The number of hydrogen-bond donors (Lipinski definition) is 1. The highest BCUT2D eigenvalue weighted by atomic mass is 32.2. The summed E-state index contributed by atoms with van der Waals surface area (Å²) in [6.07, 6.45) is 8.61. The number of aromatic nitrogens is 1. The SMILES string of the molecule is CC1C2CC(C1NS(C)(=O)=O)C1C(=O)N(C[C@H]3CCCC[C@@H]3CN3CCC(c4noc5ccccc45)CC3)C(=O)C21. The van der Waals surface area contributed by atoms with E-state index in [2.05, 4.69) is 20.8 Å². The average molecular weight is 583 g/mol. The zero-order valence-corrected chi connectivity index (χ0v) is 24.9. The Hall–Kier alpha value is -2.30. The largest absolute Gasteiger partial charge is 0.356 e. The highest BCUT2D eigenvalue weighted by Crippen LogP contribution is 2.59. The molecule has 0 radical (unpaired) electrons. The van der Waals surface area contributed by atoms with Crippen molar-refractivity contribution in [3.05, 3.63) is 30.0 Å². The summed E-state index contributed by atoms with van der Waals surface area (Å²) < 4.78 is 32.4. The molecule has 2 aromatic rings. The van der Waals surface area contributed by atoms with E-state index in [9.17, 15) is 18.0 Å². The summed E-state index contributed by atoms with van der Waals surface area (Å²) in [4.78, 5) is 31.6. The molecule has 2 aliphatic heterocycles. The number of carbonyl (C=O) groups is 2. The van der Waals surface area contributed by atoms with Gasteiger partial charge in [0, 0.05) is 30.4 Å². The first-order chi connectivity index (χ1) is 19.7. The molecule has 8 atom stereocenters. The Kier molecular flexibility index (Phi) is 7.02. The lowest BCUT2D eigenvalue weighted by Gasteiger charge is -2.39. The highest BCUT2D eigenvalue weighted by Gasteiger charge is 2.66. The van der Waals surface area contributed by atoms with Crippen molar-refractivity contribution in [1.82, 2.24) is 19.7 Å². The molecule has 1 aromatic heterocycles. The first-order valence-corrected chi connectivity index (χ1v) is 17.5. The van der Waals surface area contributed by atoms with Gasteiger partial charge in [-0.2, -0.15) is 0 Å². The molecule has 10 heteroatoms. The van der Waals surface area contributed by atoms with Gasteiger partial charge in [0.2, 0.25) is 21.8 Å². The summed E-state index contributed by atoms with van der Waals surface area (Å²) in [5.41, 5.74) is 1.94. The van der Waals surface area contributed by atoms with Gasteiger partial charge in [0.1, 0.15) is 0 Å². The normalized spacial score (nSPS) is 36.5. The maximum Gasteiger partial charge on any atom is 0.233 e. The molecule has 41 heavy (non-hydrogen) atoms. The van der Waals surface area contributed by atoms with E-state index in [1.165, 1.54) is 12.7 Å². The first kappa shape index (κ1) is 27.5. The number of para-hydroxylation sites is 1. The van der Waals surface area contributed by atoms with Crippen LogP contribution < -0.4 is 4.72 Å². The number of benzene rings is 1. The number of amides is 2. The Labute approximate surface area is 242 Å². The number of nitrogens with zero attached hydrogens (tertiary/aromatic N) is 3. The summed E-state index contributed by atoms with van der Waals surface area (Å²) >= 11 is 0. The zero-order valence-electron chi connectivity index (χ0n) is 24.1. The van der Waals surface area contributed by atoms with Crippen LogP contribution in [0.15, 0.2) is 28.8 Å². The smallest absolute Gasteiger partial charge is 0.233 e. The third-order valence-corrected chi connectivity index (χ3v) is 12.1. The average Bonchev–Trinajstić information content (AvgIpc) is 3.69. The van der Waals surface area contributed by atoms with Crippen molar-refractivity contribution in [2.75, 3.05) is 32.4 Å². The van der Waals surface area contributed by atoms with E-state index in [0.717, 1.165) is 74.8 Å². The molecule has 222 valence electrons. The summed E-state index contributed by atoms with van der Waals surface area (Å²) in [5, 5.41) is 5.54. The fraction of sp³-hybridized carbons (Fsp3) is 0.710. The van der Waals surface area contributed by atoms with Crippen molar-refractivity contribution in [2.45, 2.75) is 63.8 Å². The number of piperidine rings is 1. The predicted octanol–water partition coefficient (Wildman–Crippen LogP) is 3.62. The molecule has 3 aliphatic carbocycles. The molecule has 2 amide bonds. The zero-order chi connectivity index (χ0) is 28.5. The second-order valence-electron chi connectivity index (χ2n) is 13.6. The van der Waals surface area contributed by atoms with Crippen LogP contribution in [0.25, 0.3) is 11.0 Å². The number of rotatable bonds is 7. The molecule has 0 spiro atoms. The Morgan fingerprint density at radius 2 is 1.61 bits per heavy atom. The van der Waals surface area contributed by atoms with Crippen molar-refractivity contribution in [3.8, 4) is 0 Å². The number of nitrogens with one attached hydrogen (secondary N) is 1. The van der Waals surface area contributed by atoms with Crippen LogP contribution in [0.5, 0.6) is 0 Å². The van der Waals surface area contributed by atoms with Gasteiger partial charge in [0.05, 0.1) is 23.8 Å². The highest BCUT2D eigenvalue weighted by molar-refractivity contribution is 7.88. The minimum atomic E-state index is -3.38. The van der Waals surface area contributed by atoms with Crippen LogP contribution in [-0.4, -0.2) is 73.7 Å². The van der Waals surface area contributed by atoms with Gasteiger partial charge in [-0.1, -0.05) is 37.1 Å². The van der Waals surface area contributed by atoms with Crippen LogP contribution in [0, 0.1) is 41.4 Å². The summed E-state index contributed by atoms with van der Waals surface area (Å²) in [5.74, 6) is 0.593. The number of sulfonamides is 1. The Morgan fingerprint density at radius 1 is 0.951 bits per heavy atom. The maximum absolute atomic E-state index is 13.7. The van der Waals surface area contributed by atoms with Crippen molar-refractivity contribution >= 4 is 32.8 Å². The lowest BCUT2D eigenvalue weighted by Crippen LogP contribution is -2.48. The van der Waals surface area contributed by atoms with Gasteiger partial charge in [-0.15, -0.1) is 0 Å². The number of imide groups is 1. The fourth-order valence-electron chi connectivity index (χ4n) is 9.39. The van der Waals surface area contributed by atoms with Crippen molar-refractivity contribution in [1.29, 1.82) is 0 Å². The Balaban J connectivity index is 0.993. The van der Waals surface area contributed by atoms with Crippen LogP contribution in [-0.2, 0) is 19.6 Å².